The molecule has 0 fully saturated rings. The van der Waals surface area contributed by atoms with Crippen LogP contribution in [0.3, 0.4) is 0 Å². The number of ether oxygens (including phenoxy) is 1. The molecule has 4 nitrogen and oxygen atoms in total. The first-order chi connectivity index (χ1) is 15.7. The van der Waals surface area contributed by atoms with Crippen molar-refractivity contribution in [2.45, 2.75) is 90.6 Å². The van der Waals surface area contributed by atoms with E-state index in [4.69, 9.17) is 14.5 Å². The molecular weight excluding hydrogens is 400 g/mol. The molecule has 4 heteroatoms. The molecule has 0 N–H and O–H groups in total. The van der Waals surface area contributed by atoms with E-state index < -0.39 is 5.97 Å². The van der Waals surface area contributed by atoms with Crippen LogP contribution in [0.5, 0.6) is 5.75 Å². The van der Waals surface area contributed by atoms with Crippen LogP contribution < -0.4 is 4.74 Å². The van der Waals surface area contributed by atoms with E-state index in [0.29, 0.717) is 5.56 Å². The molecule has 0 radical (unpaired) electrons. The van der Waals surface area contributed by atoms with Gasteiger partial charge in [-0.25, -0.2) is 4.79 Å². The zero-order valence-corrected chi connectivity index (χ0v) is 19.9. The van der Waals surface area contributed by atoms with Gasteiger partial charge in [-0.05, 0) is 61.9 Å². The first-order valence-corrected chi connectivity index (χ1v) is 12.4. The summed E-state index contributed by atoms with van der Waals surface area (Å²) in [5.74, 6) is 0.537. The van der Waals surface area contributed by atoms with Gasteiger partial charge in [-0.3, -0.25) is 4.89 Å². The van der Waals surface area contributed by atoms with Gasteiger partial charge in [0.2, 0.25) is 0 Å². The molecule has 2 aromatic carbocycles. The van der Waals surface area contributed by atoms with Crippen LogP contribution in [0.1, 0.15) is 94.0 Å². The highest BCUT2D eigenvalue weighted by molar-refractivity contribution is 5.88. The standard InChI is InChI=1S/C28H40O4/c1-3-5-6-13-23-30-26-21-19-24(20-22-26)15-9-7-12-18-27(14-4-2)31-32-28(29)25-16-10-8-11-17-25/h8,10-11,16-17,19-22,27H,3-7,9,12-15,18,23H2,1-2H3. The van der Waals surface area contributed by atoms with E-state index in [2.05, 4.69) is 38.1 Å². The molecule has 0 aromatic heterocycles. The lowest BCUT2D eigenvalue weighted by Crippen LogP contribution is -2.16. The molecule has 2 aromatic rings. The largest absolute Gasteiger partial charge is 0.494 e. The molecule has 0 aliphatic carbocycles. The van der Waals surface area contributed by atoms with Crippen molar-refractivity contribution in [2.75, 3.05) is 6.61 Å². The van der Waals surface area contributed by atoms with Gasteiger partial charge in [0.1, 0.15) is 11.9 Å². The molecule has 1 unspecified atom stereocenters. The van der Waals surface area contributed by atoms with Gasteiger partial charge in [-0.15, -0.1) is 0 Å². The summed E-state index contributed by atoms with van der Waals surface area (Å²) in [5, 5.41) is 0. The van der Waals surface area contributed by atoms with Gasteiger partial charge in [0.25, 0.3) is 0 Å². The van der Waals surface area contributed by atoms with Crippen LogP contribution in [0.4, 0.5) is 0 Å². The fourth-order valence-electron chi connectivity index (χ4n) is 3.65. The summed E-state index contributed by atoms with van der Waals surface area (Å²) < 4.78 is 5.82. The maximum absolute atomic E-state index is 12.1. The van der Waals surface area contributed by atoms with Crippen LogP contribution in [0.15, 0.2) is 54.6 Å². The van der Waals surface area contributed by atoms with Gasteiger partial charge in [0, 0.05) is 0 Å². The Bertz CT molecular complexity index is 727. The fraction of sp³-hybridized carbons (Fsp3) is 0.536. The third kappa shape index (κ3) is 10.8. The number of benzene rings is 2. The predicted octanol–water partition coefficient (Wildman–Crippen LogP) is 7.71. The molecule has 0 amide bonds. The first kappa shape index (κ1) is 25.9. The fourth-order valence-corrected chi connectivity index (χ4v) is 3.65. The molecule has 0 spiro atoms. The SMILES string of the molecule is CCCCCCOc1ccc(CCCCCC(CCC)OOC(=O)c2ccccc2)cc1. The van der Waals surface area contributed by atoms with Gasteiger partial charge < -0.3 is 4.74 Å². The van der Waals surface area contributed by atoms with E-state index in [-0.39, 0.29) is 6.10 Å². The number of hydrogen-bond acceptors (Lipinski definition) is 4. The Morgan fingerprint density at radius 1 is 0.781 bits per heavy atom. The summed E-state index contributed by atoms with van der Waals surface area (Å²) in [4.78, 5) is 22.6. The van der Waals surface area contributed by atoms with Crippen LogP contribution in [-0.4, -0.2) is 18.7 Å². The molecule has 0 bridgehead atoms. The van der Waals surface area contributed by atoms with Crippen molar-refractivity contribution >= 4 is 5.97 Å². The van der Waals surface area contributed by atoms with E-state index in [1.54, 1.807) is 12.1 Å². The van der Waals surface area contributed by atoms with Crippen molar-refractivity contribution in [3.05, 3.63) is 65.7 Å². The monoisotopic (exact) mass is 440 g/mol. The topological polar surface area (TPSA) is 44.8 Å². The summed E-state index contributed by atoms with van der Waals surface area (Å²) >= 11 is 0. The average Bonchev–Trinajstić information content (AvgIpc) is 2.83. The van der Waals surface area contributed by atoms with E-state index in [9.17, 15) is 4.79 Å². The highest BCUT2D eigenvalue weighted by atomic mass is 17.2. The number of carbonyl (C=O) groups excluding carboxylic acids is 1. The Morgan fingerprint density at radius 2 is 1.53 bits per heavy atom. The molecule has 0 aliphatic rings. The summed E-state index contributed by atoms with van der Waals surface area (Å²) in [6, 6.07) is 17.5. The second kappa shape index (κ2) is 16.3. The minimum Gasteiger partial charge on any atom is -0.494 e. The van der Waals surface area contributed by atoms with Crippen LogP contribution in [-0.2, 0) is 16.2 Å². The first-order valence-electron chi connectivity index (χ1n) is 12.4. The normalized spacial score (nSPS) is 11.8. The van der Waals surface area contributed by atoms with E-state index >= 15 is 0 Å². The lowest BCUT2D eigenvalue weighted by molar-refractivity contribution is -0.277. The average molecular weight is 441 g/mol. The van der Waals surface area contributed by atoms with Gasteiger partial charge >= 0.3 is 5.97 Å². The van der Waals surface area contributed by atoms with Gasteiger partial charge in [0.15, 0.2) is 0 Å². The maximum atomic E-state index is 12.1. The number of hydrogen-bond donors (Lipinski definition) is 0. The third-order valence-corrected chi connectivity index (χ3v) is 5.56. The highest BCUT2D eigenvalue weighted by Gasteiger charge is 2.14. The Hall–Kier alpha value is -2.33. The van der Waals surface area contributed by atoms with E-state index in [0.717, 1.165) is 63.7 Å². The molecule has 0 saturated heterocycles. The molecule has 0 saturated carbocycles. The van der Waals surface area contributed by atoms with Crippen molar-refractivity contribution in [3.63, 3.8) is 0 Å². The Morgan fingerprint density at radius 3 is 2.25 bits per heavy atom. The quantitative estimate of drug-likeness (QED) is 0.144. The van der Waals surface area contributed by atoms with E-state index in [1.807, 2.05) is 18.2 Å². The second-order valence-corrected chi connectivity index (χ2v) is 8.40. The highest BCUT2D eigenvalue weighted by Crippen LogP contribution is 2.17. The van der Waals surface area contributed by atoms with Crippen molar-refractivity contribution < 1.29 is 19.3 Å². The molecule has 1 atom stereocenters. The lowest BCUT2D eigenvalue weighted by atomic mass is 10.0. The maximum Gasteiger partial charge on any atom is 0.373 e. The zero-order valence-electron chi connectivity index (χ0n) is 19.9. The second-order valence-electron chi connectivity index (χ2n) is 8.40. The number of rotatable bonds is 17. The number of unbranched alkanes of at least 4 members (excludes halogenated alkanes) is 5. The third-order valence-electron chi connectivity index (χ3n) is 5.56. The minimum atomic E-state index is -0.430. The summed E-state index contributed by atoms with van der Waals surface area (Å²) in [7, 11) is 0. The van der Waals surface area contributed by atoms with Gasteiger partial charge in [-0.1, -0.05) is 82.7 Å². The summed E-state index contributed by atoms with van der Waals surface area (Å²) in [5.41, 5.74) is 1.86. The van der Waals surface area contributed by atoms with Crippen molar-refractivity contribution in [1.82, 2.24) is 0 Å². The van der Waals surface area contributed by atoms with Crippen molar-refractivity contribution in [2.24, 2.45) is 0 Å². The van der Waals surface area contributed by atoms with Gasteiger partial charge in [-0.2, -0.15) is 4.89 Å². The molecule has 0 aliphatic heterocycles. The Labute approximate surface area is 194 Å². The zero-order chi connectivity index (χ0) is 22.9. The number of aryl methyl sites for hydroxylation is 1. The molecule has 0 heterocycles. The Balaban J connectivity index is 1.59. The Kier molecular flexibility index (Phi) is 13.2. The molecule has 176 valence electrons. The van der Waals surface area contributed by atoms with Crippen molar-refractivity contribution in [3.8, 4) is 5.75 Å². The van der Waals surface area contributed by atoms with Crippen LogP contribution in [0.2, 0.25) is 0 Å². The summed E-state index contributed by atoms with van der Waals surface area (Å²) in [6.45, 7) is 5.15. The minimum absolute atomic E-state index is 0.0404. The summed E-state index contributed by atoms with van der Waals surface area (Å²) in [6.07, 6.45) is 12.1. The van der Waals surface area contributed by atoms with Crippen LogP contribution in [0, 0.1) is 0 Å². The molecule has 2 rings (SSSR count). The van der Waals surface area contributed by atoms with Crippen LogP contribution in [0.25, 0.3) is 0 Å². The lowest BCUT2D eigenvalue weighted by Gasteiger charge is -2.15. The predicted molar refractivity (Wildman–Crippen MR) is 130 cm³/mol. The molecule has 32 heavy (non-hydrogen) atoms. The number of carbonyl (C=O) groups is 1. The van der Waals surface area contributed by atoms with Gasteiger partial charge in [0.05, 0.1) is 12.2 Å². The molecular formula is C28H40O4. The van der Waals surface area contributed by atoms with Crippen molar-refractivity contribution in [1.29, 1.82) is 0 Å². The van der Waals surface area contributed by atoms with E-state index in [1.165, 1.54) is 24.8 Å². The van der Waals surface area contributed by atoms with Crippen LogP contribution >= 0.6 is 0 Å². The smallest absolute Gasteiger partial charge is 0.373 e.